The summed E-state index contributed by atoms with van der Waals surface area (Å²) in [6.45, 7) is 0.819. The lowest BCUT2D eigenvalue weighted by Gasteiger charge is -2.46. The highest BCUT2D eigenvalue weighted by molar-refractivity contribution is 5.05. The molecule has 3 N–H and O–H groups in total. The van der Waals surface area contributed by atoms with Crippen LogP contribution in [0.25, 0.3) is 0 Å². The Morgan fingerprint density at radius 3 is 2.11 bits per heavy atom. The molecule has 0 amide bonds. The molecule has 2 saturated carbocycles. The van der Waals surface area contributed by atoms with Crippen LogP contribution in [0.15, 0.2) is 12.2 Å². The summed E-state index contributed by atoms with van der Waals surface area (Å²) >= 11 is 0. The second-order valence-corrected chi connectivity index (χ2v) is 6.98. The van der Waals surface area contributed by atoms with E-state index in [1.54, 1.807) is 0 Å². The third-order valence-electron chi connectivity index (χ3n) is 5.84. The van der Waals surface area contributed by atoms with Crippen LogP contribution in [0.4, 0.5) is 0 Å². The maximum absolute atomic E-state index is 6.12. The van der Waals surface area contributed by atoms with Crippen molar-refractivity contribution in [1.29, 1.82) is 0 Å². The quantitative estimate of drug-likeness (QED) is 0.753. The summed E-state index contributed by atoms with van der Waals surface area (Å²) in [6, 6.07) is 0.658. The molecule has 0 atom stereocenters. The zero-order valence-corrected chi connectivity index (χ0v) is 11.6. The summed E-state index contributed by atoms with van der Waals surface area (Å²) in [5, 5.41) is 3.90. The van der Waals surface area contributed by atoms with E-state index < -0.39 is 0 Å². The number of hydrogen-bond acceptors (Lipinski definition) is 2. The van der Waals surface area contributed by atoms with Gasteiger partial charge in [-0.15, -0.1) is 0 Å². The molecule has 0 aromatic rings. The Labute approximate surface area is 111 Å². The topological polar surface area (TPSA) is 38.0 Å². The third kappa shape index (κ3) is 2.37. The van der Waals surface area contributed by atoms with Crippen molar-refractivity contribution in [3.05, 3.63) is 12.2 Å². The second kappa shape index (κ2) is 4.97. The minimum absolute atomic E-state index is 0.254. The van der Waals surface area contributed by atoms with E-state index in [1.165, 1.54) is 64.2 Å². The molecule has 3 aliphatic rings. The van der Waals surface area contributed by atoms with Gasteiger partial charge in [0.05, 0.1) is 0 Å². The maximum atomic E-state index is 6.12. The SMILES string of the molecule is NCC1(NC2CC=CC2)CCC2(CCCC2)CC1. The lowest BCUT2D eigenvalue weighted by molar-refractivity contribution is 0.106. The first kappa shape index (κ1) is 12.7. The number of rotatable bonds is 3. The first-order chi connectivity index (χ1) is 8.76. The van der Waals surface area contributed by atoms with Crippen LogP contribution in [0.3, 0.4) is 0 Å². The van der Waals surface area contributed by atoms with E-state index in [-0.39, 0.29) is 5.54 Å². The van der Waals surface area contributed by atoms with E-state index in [9.17, 15) is 0 Å². The molecule has 0 saturated heterocycles. The average Bonchev–Trinajstić information content (AvgIpc) is 3.05. The minimum Gasteiger partial charge on any atom is -0.329 e. The highest BCUT2D eigenvalue weighted by atomic mass is 15.0. The van der Waals surface area contributed by atoms with Gasteiger partial charge in [0.2, 0.25) is 0 Å². The van der Waals surface area contributed by atoms with Gasteiger partial charge in [0.25, 0.3) is 0 Å². The Morgan fingerprint density at radius 2 is 1.56 bits per heavy atom. The van der Waals surface area contributed by atoms with Gasteiger partial charge in [0, 0.05) is 18.1 Å². The summed E-state index contributed by atoms with van der Waals surface area (Å²) in [7, 11) is 0. The van der Waals surface area contributed by atoms with Crippen LogP contribution < -0.4 is 11.1 Å². The first-order valence-electron chi connectivity index (χ1n) is 7.89. The molecule has 2 nitrogen and oxygen atoms in total. The van der Waals surface area contributed by atoms with Crippen molar-refractivity contribution in [3.63, 3.8) is 0 Å². The van der Waals surface area contributed by atoms with Gasteiger partial charge in [0.1, 0.15) is 0 Å². The molecule has 0 aromatic heterocycles. The van der Waals surface area contributed by atoms with Gasteiger partial charge in [-0.2, -0.15) is 0 Å². The van der Waals surface area contributed by atoms with Crippen molar-refractivity contribution in [2.75, 3.05) is 6.54 Å². The van der Waals surface area contributed by atoms with Crippen molar-refractivity contribution < 1.29 is 0 Å². The summed E-state index contributed by atoms with van der Waals surface area (Å²) in [5.41, 5.74) is 7.09. The fourth-order valence-corrected chi connectivity index (χ4v) is 4.46. The summed E-state index contributed by atoms with van der Waals surface area (Å²) in [6.07, 6.45) is 18.4. The highest BCUT2D eigenvalue weighted by Crippen LogP contribution is 2.51. The van der Waals surface area contributed by atoms with Crippen molar-refractivity contribution in [3.8, 4) is 0 Å². The fraction of sp³-hybridized carbons (Fsp3) is 0.875. The minimum atomic E-state index is 0.254. The molecule has 3 rings (SSSR count). The van der Waals surface area contributed by atoms with Gasteiger partial charge < -0.3 is 11.1 Å². The predicted molar refractivity (Wildman–Crippen MR) is 76.5 cm³/mol. The number of nitrogens with one attached hydrogen (secondary N) is 1. The third-order valence-corrected chi connectivity index (χ3v) is 5.84. The van der Waals surface area contributed by atoms with E-state index in [0.29, 0.717) is 11.5 Å². The highest BCUT2D eigenvalue weighted by Gasteiger charge is 2.43. The van der Waals surface area contributed by atoms with Crippen LogP contribution in [-0.2, 0) is 0 Å². The van der Waals surface area contributed by atoms with Crippen molar-refractivity contribution in [2.24, 2.45) is 11.1 Å². The Bertz CT molecular complexity index is 297. The monoisotopic (exact) mass is 248 g/mol. The summed E-state index contributed by atoms with van der Waals surface area (Å²) < 4.78 is 0. The van der Waals surface area contributed by atoms with Crippen molar-refractivity contribution in [2.45, 2.75) is 75.8 Å². The molecule has 0 heterocycles. The number of nitrogens with two attached hydrogens (primary N) is 1. The Hall–Kier alpha value is -0.340. The Morgan fingerprint density at radius 1 is 0.944 bits per heavy atom. The smallest absolute Gasteiger partial charge is 0.0307 e. The van der Waals surface area contributed by atoms with E-state index in [0.717, 1.165) is 6.54 Å². The first-order valence-corrected chi connectivity index (χ1v) is 7.89. The van der Waals surface area contributed by atoms with Crippen molar-refractivity contribution >= 4 is 0 Å². The molecular weight excluding hydrogens is 220 g/mol. The van der Waals surface area contributed by atoms with Gasteiger partial charge in [-0.1, -0.05) is 25.0 Å². The van der Waals surface area contributed by atoms with Gasteiger partial charge in [0.15, 0.2) is 0 Å². The molecule has 0 aromatic carbocycles. The molecule has 18 heavy (non-hydrogen) atoms. The molecule has 0 unspecified atom stereocenters. The number of hydrogen-bond donors (Lipinski definition) is 2. The molecular formula is C16H28N2. The van der Waals surface area contributed by atoms with Gasteiger partial charge >= 0.3 is 0 Å². The van der Waals surface area contributed by atoms with E-state index in [1.807, 2.05) is 0 Å². The molecule has 0 radical (unpaired) electrons. The molecule has 102 valence electrons. The molecule has 0 bridgehead atoms. The van der Waals surface area contributed by atoms with Gasteiger partial charge in [-0.05, 0) is 56.8 Å². The normalized spacial score (nSPS) is 30.3. The predicted octanol–water partition coefficient (Wildman–Crippen LogP) is 3.13. The molecule has 2 fully saturated rings. The zero-order valence-electron chi connectivity index (χ0n) is 11.6. The lowest BCUT2D eigenvalue weighted by Crippen LogP contribution is -2.57. The fourth-order valence-electron chi connectivity index (χ4n) is 4.46. The summed E-state index contributed by atoms with van der Waals surface area (Å²) in [4.78, 5) is 0. The zero-order chi connectivity index (χ0) is 12.5. The largest absolute Gasteiger partial charge is 0.329 e. The lowest BCUT2D eigenvalue weighted by atomic mass is 9.66. The Balaban J connectivity index is 1.60. The second-order valence-electron chi connectivity index (χ2n) is 6.98. The van der Waals surface area contributed by atoms with E-state index in [2.05, 4.69) is 17.5 Å². The van der Waals surface area contributed by atoms with Crippen LogP contribution in [0, 0.1) is 5.41 Å². The summed E-state index contributed by atoms with van der Waals surface area (Å²) in [5.74, 6) is 0. The van der Waals surface area contributed by atoms with Crippen molar-refractivity contribution in [1.82, 2.24) is 5.32 Å². The van der Waals surface area contributed by atoms with Crippen LogP contribution in [-0.4, -0.2) is 18.1 Å². The molecule has 2 heteroatoms. The van der Waals surface area contributed by atoms with Crippen LogP contribution >= 0.6 is 0 Å². The maximum Gasteiger partial charge on any atom is 0.0307 e. The Kier molecular flexibility index (Phi) is 3.50. The van der Waals surface area contributed by atoms with Gasteiger partial charge in [-0.25, -0.2) is 0 Å². The van der Waals surface area contributed by atoms with E-state index in [4.69, 9.17) is 5.73 Å². The molecule has 0 aliphatic heterocycles. The average molecular weight is 248 g/mol. The van der Waals surface area contributed by atoms with Gasteiger partial charge in [-0.3, -0.25) is 0 Å². The van der Waals surface area contributed by atoms with E-state index >= 15 is 0 Å². The molecule has 1 spiro atoms. The van der Waals surface area contributed by atoms with Crippen LogP contribution in [0.2, 0.25) is 0 Å². The molecule has 3 aliphatic carbocycles. The van der Waals surface area contributed by atoms with Crippen LogP contribution in [0.5, 0.6) is 0 Å². The standard InChI is InChI=1S/C16H28N2/c17-13-16(18-14-5-1-2-6-14)11-9-15(10-12-16)7-3-4-8-15/h1-2,14,18H,3-13,17H2. The van der Waals surface area contributed by atoms with Crippen LogP contribution in [0.1, 0.15) is 64.2 Å².